The van der Waals surface area contributed by atoms with E-state index in [9.17, 15) is 0 Å². The van der Waals surface area contributed by atoms with E-state index in [1.165, 1.54) is 11.1 Å². The minimum absolute atomic E-state index is 0.600. The highest BCUT2D eigenvalue weighted by atomic mass is 16.5. The fourth-order valence-electron chi connectivity index (χ4n) is 4.22. The van der Waals surface area contributed by atoms with Gasteiger partial charge < -0.3 is 30.0 Å². The molecule has 0 fully saturated rings. The second kappa shape index (κ2) is 9.92. The zero-order chi connectivity index (χ0) is 23.4. The van der Waals surface area contributed by atoms with Crippen LogP contribution in [0.5, 0.6) is 23.0 Å². The van der Waals surface area contributed by atoms with Gasteiger partial charge in [-0.1, -0.05) is 6.07 Å². The molecule has 1 aliphatic heterocycles. The molecule has 0 atom stereocenters. The summed E-state index contributed by atoms with van der Waals surface area (Å²) in [5.74, 6) is 3.17. The maximum absolute atomic E-state index is 6.38. The van der Waals surface area contributed by atoms with Crippen LogP contribution in [0, 0.1) is 0 Å². The number of benzene rings is 3. The number of nitrogens with zero attached hydrogens (tertiary/aromatic N) is 1. The molecule has 7 nitrogen and oxygen atoms in total. The first-order valence-corrected chi connectivity index (χ1v) is 10.8. The van der Waals surface area contributed by atoms with Gasteiger partial charge in [0, 0.05) is 49.4 Å². The van der Waals surface area contributed by atoms with E-state index >= 15 is 0 Å². The van der Waals surface area contributed by atoms with E-state index in [0.717, 1.165) is 65.1 Å². The molecule has 0 aromatic heterocycles. The monoisotopic (exact) mass is 449 g/mol. The minimum atomic E-state index is 0.600. The van der Waals surface area contributed by atoms with Crippen molar-refractivity contribution in [1.82, 2.24) is 4.90 Å². The molecule has 0 spiro atoms. The van der Waals surface area contributed by atoms with Gasteiger partial charge in [0.05, 0.1) is 39.8 Å². The maximum Gasteiger partial charge on any atom is 0.127 e. The lowest BCUT2D eigenvalue weighted by Gasteiger charge is -2.17. The van der Waals surface area contributed by atoms with Gasteiger partial charge in [0.2, 0.25) is 0 Å². The minimum Gasteiger partial charge on any atom is -0.497 e. The SMILES string of the molecule is COc1ccc(CNc2cc3c(cc2N)CN(Cc2ccc(OC)cc2OC)C3)c(OC)c1. The van der Waals surface area contributed by atoms with Crippen molar-refractivity contribution >= 4 is 11.4 Å². The van der Waals surface area contributed by atoms with Crippen molar-refractivity contribution in [2.45, 2.75) is 26.2 Å². The zero-order valence-corrected chi connectivity index (χ0v) is 19.6. The zero-order valence-electron chi connectivity index (χ0n) is 19.6. The van der Waals surface area contributed by atoms with Crippen LogP contribution in [0.25, 0.3) is 0 Å². The number of hydrogen-bond donors (Lipinski definition) is 2. The summed E-state index contributed by atoms with van der Waals surface area (Å²) in [7, 11) is 6.65. The Balaban J connectivity index is 1.46. The highest BCUT2D eigenvalue weighted by molar-refractivity contribution is 5.69. The normalized spacial score (nSPS) is 12.8. The lowest BCUT2D eigenvalue weighted by molar-refractivity contribution is 0.269. The standard InChI is InChI=1S/C26H31N3O4/c1-30-21-7-5-17(25(11-21)32-3)13-28-24-10-20-16-29(15-19(20)9-23(24)27)14-18-6-8-22(31-2)12-26(18)33-4/h5-12,28H,13-16,27H2,1-4H3. The van der Waals surface area contributed by atoms with Crippen LogP contribution in [0.2, 0.25) is 0 Å². The summed E-state index contributed by atoms with van der Waals surface area (Å²) in [5.41, 5.74) is 12.7. The first kappa shape index (κ1) is 22.6. The third kappa shape index (κ3) is 4.93. The average Bonchev–Trinajstić information content (AvgIpc) is 3.23. The van der Waals surface area contributed by atoms with Gasteiger partial charge in [-0.2, -0.15) is 0 Å². The van der Waals surface area contributed by atoms with E-state index in [1.807, 2.05) is 30.3 Å². The van der Waals surface area contributed by atoms with Gasteiger partial charge in [-0.3, -0.25) is 4.90 Å². The van der Waals surface area contributed by atoms with Crippen molar-refractivity contribution in [1.29, 1.82) is 0 Å². The average molecular weight is 450 g/mol. The number of hydrogen-bond acceptors (Lipinski definition) is 7. The number of nitrogen functional groups attached to an aromatic ring is 1. The molecule has 4 rings (SSSR count). The highest BCUT2D eigenvalue weighted by Crippen LogP contribution is 2.34. The summed E-state index contributed by atoms with van der Waals surface area (Å²) in [6, 6.07) is 16.0. The fourth-order valence-corrected chi connectivity index (χ4v) is 4.22. The predicted molar refractivity (Wildman–Crippen MR) is 130 cm³/mol. The van der Waals surface area contributed by atoms with Crippen molar-refractivity contribution < 1.29 is 18.9 Å². The van der Waals surface area contributed by atoms with Crippen LogP contribution in [0.1, 0.15) is 22.3 Å². The van der Waals surface area contributed by atoms with Crippen molar-refractivity contribution in [3.8, 4) is 23.0 Å². The Kier molecular flexibility index (Phi) is 6.79. The number of methoxy groups -OCH3 is 4. The van der Waals surface area contributed by atoms with Crippen LogP contribution in [0.3, 0.4) is 0 Å². The molecule has 0 aliphatic carbocycles. The molecule has 3 aromatic carbocycles. The van der Waals surface area contributed by atoms with E-state index in [1.54, 1.807) is 28.4 Å². The molecule has 0 amide bonds. The Labute approximate surface area is 195 Å². The number of nitrogens with two attached hydrogens (primary N) is 1. The number of fused-ring (bicyclic) bond motifs is 1. The van der Waals surface area contributed by atoms with E-state index < -0.39 is 0 Å². The van der Waals surface area contributed by atoms with Crippen LogP contribution in [0.15, 0.2) is 48.5 Å². The third-order valence-corrected chi connectivity index (χ3v) is 6.01. The van der Waals surface area contributed by atoms with Gasteiger partial charge in [-0.15, -0.1) is 0 Å². The summed E-state index contributed by atoms with van der Waals surface area (Å²) in [4.78, 5) is 2.38. The molecule has 7 heteroatoms. The molecule has 3 N–H and O–H groups in total. The van der Waals surface area contributed by atoms with Crippen molar-refractivity contribution in [2.75, 3.05) is 39.5 Å². The molecule has 33 heavy (non-hydrogen) atoms. The van der Waals surface area contributed by atoms with Crippen molar-refractivity contribution in [2.24, 2.45) is 0 Å². The first-order chi connectivity index (χ1) is 16.0. The van der Waals surface area contributed by atoms with Crippen molar-refractivity contribution in [3.05, 3.63) is 70.8 Å². The molecular formula is C26H31N3O4. The second-order valence-electron chi connectivity index (χ2n) is 8.06. The van der Waals surface area contributed by atoms with E-state index in [0.29, 0.717) is 6.54 Å². The van der Waals surface area contributed by atoms with E-state index in [-0.39, 0.29) is 0 Å². The van der Waals surface area contributed by atoms with Crippen LogP contribution < -0.4 is 30.0 Å². The van der Waals surface area contributed by atoms with E-state index in [2.05, 4.69) is 28.4 Å². The smallest absolute Gasteiger partial charge is 0.127 e. The summed E-state index contributed by atoms with van der Waals surface area (Å²) in [6.07, 6.45) is 0. The van der Waals surface area contributed by atoms with Crippen LogP contribution in [-0.4, -0.2) is 33.3 Å². The molecule has 0 saturated heterocycles. The quantitative estimate of drug-likeness (QED) is 0.468. The Morgan fingerprint density at radius 3 is 1.94 bits per heavy atom. The van der Waals surface area contributed by atoms with Gasteiger partial charge >= 0.3 is 0 Å². The molecule has 1 heterocycles. The summed E-state index contributed by atoms with van der Waals surface area (Å²) in [6.45, 7) is 3.09. The number of nitrogens with one attached hydrogen (secondary N) is 1. The van der Waals surface area contributed by atoms with Gasteiger partial charge in [-0.25, -0.2) is 0 Å². The van der Waals surface area contributed by atoms with Crippen LogP contribution in [0.4, 0.5) is 11.4 Å². The highest BCUT2D eigenvalue weighted by Gasteiger charge is 2.22. The maximum atomic E-state index is 6.38. The van der Waals surface area contributed by atoms with Crippen molar-refractivity contribution in [3.63, 3.8) is 0 Å². The number of rotatable bonds is 9. The number of anilines is 2. The molecule has 174 valence electrons. The molecular weight excluding hydrogens is 418 g/mol. The Morgan fingerprint density at radius 2 is 1.33 bits per heavy atom. The Bertz CT molecular complexity index is 1130. The van der Waals surface area contributed by atoms with E-state index in [4.69, 9.17) is 24.7 Å². The summed E-state index contributed by atoms with van der Waals surface area (Å²) >= 11 is 0. The number of ether oxygens (including phenoxy) is 4. The fraction of sp³-hybridized carbons (Fsp3) is 0.308. The van der Waals surface area contributed by atoms with Gasteiger partial charge in [0.15, 0.2) is 0 Å². The predicted octanol–water partition coefficient (Wildman–Crippen LogP) is 4.43. The molecule has 3 aromatic rings. The van der Waals surface area contributed by atoms with Crippen LogP contribution >= 0.6 is 0 Å². The third-order valence-electron chi connectivity index (χ3n) is 6.01. The Morgan fingerprint density at radius 1 is 0.758 bits per heavy atom. The summed E-state index contributed by atoms with van der Waals surface area (Å²) in [5, 5.41) is 3.47. The molecule has 0 radical (unpaired) electrons. The lowest BCUT2D eigenvalue weighted by Crippen LogP contribution is -2.16. The van der Waals surface area contributed by atoms with Gasteiger partial charge in [0.25, 0.3) is 0 Å². The largest absolute Gasteiger partial charge is 0.497 e. The first-order valence-electron chi connectivity index (χ1n) is 10.8. The molecule has 0 unspecified atom stereocenters. The topological polar surface area (TPSA) is 78.2 Å². The van der Waals surface area contributed by atoms with Gasteiger partial charge in [0.1, 0.15) is 23.0 Å². The Hall–Kier alpha value is -3.58. The van der Waals surface area contributed by atoms with Crippen LogP contribution in [-0.2, 0) is 26.2 Å². The lowest BCUT2D eigenvalue weighted by atomic mass is 10.1. The van der Waals surface area contributed by atoms with Gasteiger partial charge in [-0.05, 0) is 41.5 Å². The molecule has 0 bridgehead atoms. The molecule has 0 saturated carbocycles. The second-order valence-corrected chi connectivity index (χ2v) is 8.06. The molecule has 1 aliphatic rings. The summed E-state index contributed by atoms with van der Waals surface area (Å²) < 4.78 is 21.7.